The Bertz CT molecular complexity index is 327. The quantitative estimate of drug-likeness (QED) is 0.602. The molecular formula is C11H16N2O2S. The molecule has 1 heterocycles. The molecule has 4 nitrogen and oxygen atoms in total. The van der Waals surface area contributed by atoms with Gasteiger partial charge in [0, 0.05) is 12.7 Å². The zero-order valence-corrected chi connectivity index (χ0v) is 10.3. The number of hydrogen-bond acceptors (Lipinski definition) is 5. The summed E-state index contributed by atoms with van der Waals surface area (Å²) in [5.74, 6) is 0.111. The molecule has 88 valence electrons. The molecule has 0 aliphatic rings. The van der Waals surface area contributed by atoms with Gasteiger partial charge in [0.25, 0.3) is 0 Å². The van der Waals surface area contributed by atoms with Crippen LogP contribution in [0.1, 0.15) is 12.5 Å². The van der Waals surface area contributed by atoms with E-state index in [0.717, 1.165) is 17.1 Å². The van der Waals surface area contributed by atoms with E-state index in [1.165, 1.54) is 11.8 Å². The number of nitrogens with one attached hydrogen (secondary N) is 1. The molecule has 0 atom stereocenters. The number of nitrogens with zero attached hydrogens (tertiary/aromatic N) is 1. The van der Waals surface area contributed by atoms with Crippen LogP contribution in [0.15, 0.2) is 23.4 Å². The molecule has 0 radical (unpaired) electrons. The second kappa shape index (κ2) is 7.24. The summed E-state index contributed by atoms with van der Waals surface area (Å²) in [6.45, 7) is 3.02. The first kappa shape index (κ1) is 13.0. The van der Waals surface area contributed by atoms with Gasteiger partial charge in [0.15, 0.2) is 0 Å². The molecule has 1 rings (SSSR count). The molecule has 0 spiro atoms. The van der Waals surface area contributed by atoms with Gasteiger partial charge < -0.3 is 10.1 Å². The monoisotopic (exact) mass is 240 g/mol. The number of ether oxygens (including phenoxy) is 1. The summed E-state index contributed by atoms with van der Waals surface area (Å²) in [5, 5.41) is 3.89. The lowest BCUT2D eigenvalue weighted by Gasteiger charge is -2.03. The largest absolute Gasteiger partial charge is 0.465 e. The van der Waals surface area contributed by atoms with E-state index in [1.54, 1.807) is 6.92 Å². The van der Waals surface area contributed by atoms with Gasteiger partial charge in [-0.15, -0.1) is 0 Å². The van der Waals surface area contributed by atoms with Gasteiger partial charge in [-0.25, -0.2) is 4.98 Å². The molecule has 0 saturated carbocycles. The first-order valence-corrected chi connectivity index (χ1v) is 6.12. The van der Waals surface area contributed by atoms with Crippen LogP contribution in [-0.2, 0) is 16.1 Å². The van der Waals surface area contributed by atoms with Crippen LogP contribution in [0.3, 0.4) is 0 Å². The number of pyridine rings is 1. The summed E-state index contributed by atoms with van der Waals surface area (Å²) >= 11 is 1.39. The van der Waals surface area contributed by atoms with Crippen molar-refractivity contribution in [3.8, 4) is 0 Å². The van der Waals surface area contributed by atoms with E-state index >= 15 is 0 Å². The summed E-state index contributed by atoms with van der Waals surface area (Å²) in [6.07, 6.45) is 1.81. The number of thioether (sulfide) groups is 1. The number of rotatable bonds is 6. The van der Waals surface area contributed by atoms with Crippen LogP contribution >= 0.6 is 11.8 Å². The molecule has 0 saturated heterocycles. The highest BCUT2D eigenvalue weighted by Gasteiger charge is 2.03. The average Bonchev–Trinajstić information content (AvgIpc) is 2.29. The van der Waals surface area contributed by atoms with Crippen LogP contribution in [0.2, 0.25) is 0 Å². The van der Waals surface area contributed by atoms with Crippen molar-refractivity contribution in [2.75, 3.05) is 19.4 Å². The van der Waals surface area contributed by atoms with Crippen LogP contribution in [0, 0.1) is 0 Å². The van der Waals surface area contributed by atoms with Gasteiger partial charge in [-0.05, 0) is 25.6 Å². The lowest BCUT2D eigenvalue weighted by Crippen LogP contribution is -2.07. The fourth-order valence-electron chi connectivity index (χ4n) is 1.14. The molecule has 0 unspecified atom stereocenters. The summed E-state index contributed by atoms with van der Waals surface area (Å²) < 4.78 is 4.83. The van der Waals surface area contributed by atoms with E-state index in [0.29, 0.717) is 12.4 Å². The van der Waals surface area contributed by atoms with E-state index in [2.05, 4.69) is 10.3 Å². The minimum absolute atomic E-state index is 0.200. The SMILES string of the molecule is CCOC(=O)CSc1ccc(CNC)cn1. The van der Waals surface area contributed by atoms with E-state index in [-0.39, 0.29) is 5.97 Å². The Morgan fingerprint density at radius 3 is 2.94 bits per heavy atom. The van der Waals surface area contributed by atoms with Crippen LogP contribution in [0.4, 0.5) is 0 Å². The lowest BCUT2D eigenvalue weighted by molar-refractivity contribution is -0.139. The van der Waals surface area contributed by atoms with Crippen LogP contribution in [0.5, 0.6) is 0 Å². The van der Waals surface area contributed by atoms with Crippen molar-refractivity contribution in [3.63, 3.8) is 0 Å². The molecule has 0 fully saturated rings. The molecule has 5 heteroatoms. The number of esters is 1. The molecule has 16 heavy (non-hydrogen) atoms. The molecular weight excluding hydrogens is 224 g/mol. The first-order valence-electron chi connectivity index (χ1n) is 5.14. The van der Waals surface area contributed by atoms with Gasteiger partial charge >= 0.3 is 5.97 Å². The maximum atomic E-state index is 11.1. The van der Waals surface area contributed by atoms with Crippen LogP contribution < -0.4 is 5.32 Å². The topological polar surface area (TPSA) is 51.2 Å². The van der Waals surface area contributed by atoms with Gasteiger partial charge in [-0.3, -0.25) is 4.79 Å². The first-order chi connectivity index (χ1) is 7.76. The highest BCUT2D eigenvalue weighted by molar-refractivity contribution is 7.99. The van der Waals surface area contributed by atoms with Gasteiger partial charge in [0.2, 0.25) is 0 Å². The molecule has 0 bridgehead atoms. The summed E-state index contributed by atoms with van der Waals surface area (Å²) in [4.78, 5) is 15.3. The van der Waals surface area contributed by atoms with Gasteiger partial charge in [-0.1, -0.05) is 17.8 Å². The predicted octanol–water partition coefficient (Wildman–Crippen LogP) is 1.46. The molecule has 1 N–H and O–H groups in total. The Labute approximate surface area is 99.8 Å². The molecule has 0 aliphatic heterocycles. The Morgan fingerprint density at radius 2 is 2.38 bits per heavy atom. The van der Waals surface area contributed by atoms with Crippen molar-refractivity contribution in [2.45, 2.75) is 18.5 Å². The Balaban J connectivity index is 2.40. The van der Waals surface area contributed by atoms with Gasteiger partial charge in [0.1, 0.15) is 0 Å². The van der Waals surface area contributed by atoms with Crippen molar-refractivity contribution in [2.24, 2.45) is 0 Å². The van der Waals surface area contributed by atoms with Crippen molar-refractivity contribution in [3.05, 3.63) is 23.9 Å². The third-order valence-corrected chi connectivity index (χ3v) is 2.74. The summed E-state index contributed by atoms with van der Waals surface area (Å²) in [6, 6.07) is 3.91. The molecule has 0 aliphatic carbocycles. The van der Waals surface area contributed by atoms with E-state index < -0.39 is 0 Å². The number of carbonyl (C=O) groups excluding carboxylic acids is 1. The predicted molar refractivity (Wildman–Crippen MR) is 64.4 cm³/mol. The fourth-order valence-corrected chi connectivity index (χ4v) is 1.78. The standard InChI is InChI=1S/C11H16N2O2S/c1-3-15-11(14)8-16-10-5-4-9(6-12-2)7-13-10/h4-5,7,12H,3,6,8H2,1-2H3. The Morgan fingerprint density at radius 1 is 1.56 bits per heavy atom. The van der Waals surface area contributed by atoms with E-state index in [4.69, 9.17) is 4.74 Å². The average molecular weight is 240 g/mol. The van der Waals surface area contributed by atoms with Crippen molar-refractivity contribution >= 4 is 17.7 Å². The Hall–Kier alpha value is -1.07. The maximum absolute atomic E-state index is 11.1. The van der Waals surface area contributed by atoms with Crippen molar-refractivity contribution in [1.82, 2.24) is 10.3 Å². The van der Waals surface area contributed by atoms with Gasteiger partial charge in [0.05, 0.1) is 17.4 Å². The second-order valence-electron chi connectivity index (χ2n) is 3.13. The number of carbonyl (C=O) groups is 1. The maximum Gasteiger partial charge on any atom is 0.316 e. The highest BCUT2D eigenvalue weighted by Crippen LogP contribution is 2.15. The second-order valence-corrected chi connectivity index (χ2v) is 4.12. The van der Waals surface area contributed by atoms with E-state index in [9.17, 15) is 4.79 Å². The third-order valence-electron chi connectivity index (χ3n) is 1.82. The van der Waals surface area contributed by atoms with E-state index in [1.807, 2.05) is 25.4 Å². The van der Waals surface area contributed by atoms with Crippen LogP contribution in [0.25, 0.3) is 0 Å². The minimum atomic E-state index is -0.200. The number of aromatic nitrogens is 1. The lowest BCUT2D eigenvalue weighted by atomic mass is 10.3. The zero-order chi connectivity index (χ0) is 11.8. The van der Waals surface area contributed by atoms with Crippen molar-refractivity contribution < 1.29 is 9.53 Å². The molecule has 0 aromatic carbocycles. The fraction of sp³-hybridized carbons (Fsp3) is 0.455. The normalized spacial score (nSPS) is 10.1. The van der Waals surface area contributed by atoms with Crippen LogP contribution in [-0.4, -0.2) is 30.4 Å². The van der Waals surface area contributed by atoms with Gasteiger partial charge in [-0.2, -0.15) is 0 Å². The molecule has 0 amide bonds. The molecule has 1 aromatic rings. The molecule has 1 aromatic heterocycles. The number of hydrogen-bond donors (Lipinski definition) is 1. The zero-order valence-electron chi connectivity index (χ0n) is 9.53. The summed E-state index contributed by atoms with van der Waals surface area (Å²) in [7, 11) is 1.89. The Kier molecular flexibility index (Phi) is 5.88. The van der Waals surface area contributed by atoms with Crippen molar-refractivity contribution in [1.29, 1.82) is 0 Å². The third kappa shape index (κ3) is 4.63. The highest BCUT2D eigenvalue weighted by atomic mass is 32.2. The summed E-state index contributed by atoms with van der Waals surface area (Å²) in [5.41, 5.74) is 1.13. The smallest absolute Gasteiger partial charge is 0.316 e. The minimum Gasteiger partial charge on any atom is -0.465 e.